The topological polar surface area (TPSA) is 75.6 Å². The van der Waals surface area contributed by atoms with Crippen molar-refractivity contribution >= 4 is 33.6 Å². The maximum atomic E-state index is 12.3. The van der Waals surface area contributed by atoms with Gasteiger partial charge in [0, 0.05) is 12.8 Å². The molecule has 5 heteroatoms. The van der Waals surface area contributed by atoms with Crippen LogP contribution in [0.25, 0.3) is 21.5 Å². The molecule has 0 bridgehead atoms. The van der Waals surface area contributed by atoms with Crippen LogP contribution in [0.2, 0.25) is 0 Å². The predicted octanol–water partition coefficient (Wildman–Crippen LogP) is 4.44. The Kier molecular flexibility index (Phi) is 4.07. The van der Waals surface area contributed by atoms with E-state index in [4.69, 9.17) is 4.74 Å². The molecule has 3 aromatic carbocycles. The summed E-state index contributed by atoms with van der Waals surface area (Å²) < 4.78 is 5.29. The molecule has 0 radical (unpaired) electrons. The molecule has 4 rings (SSSR count). The van der Waals surface area contributed by atoms with E-state index in [2.05, 4.69) is 29.6 Å². The molecular formula is C23H23NO4. The summed E-state index contributed by atoms with van der Waals surface area (Å²) in [5.41, 5.74) is -0.187. The summed E-state index contributed by atoms with van der Waals surface area (Å²) in [5.74, 6) is -1.05. The summed E-state index contributed by atoms with van der Waals surface area (Å²) in [6.07, 6.45) is -0.239. The molecule has 28 heavy (non-hydrogen) atoms. The average Bonchev–Trinajstić information content (AvgIpc) is 2.94. The van der Waals surface area contributed by atoms with Gasteiger partial charge in [0.2, 0.25) is 0 Å². The van der Waals surface area contributed by atoms with E-state index in [0.717, 1.165) is 32.7 Å². The minimum atomic E-state index is -1.39. The van der Waals surface area contributed by atoms with Gasteiger partial charge in [-0.05, 0) is 65.6 Å². The highest BCUT2D eigenvalue weighted by Crippen LogP contribution is 2.35. The molecule has 2 N–H and O–H groups in total. The van der Waals surface area contributed by atoms with Gasteiger partial charge in [-0.25, -0.2) is 9.59 Å². The number of alkyl carbamates (subject to hydrolysis) is 1. The Morgan fingerprint density at radius 2 is 1.43 bits per heavy atom. The number of nitrogens with one attached hydrogen (secondary N) is 1. The highest BCUT2D eigenvalue weighted by molar-refractivity contribution is 5.99. The van der Waals surface area contributed by atoms with Crippen LogP contribution >= 0.6 is 0 Å². The summed E-state index contributed by atoms with van der Waals surface area (Å²) in [6, 6.07) is 16.4. The third-order valence-electron chi connectivity index (χ3n) is 5.16. The van der Waals surface area contributed by atoms with Crippen molar-refractivity contribution in [1.82, 2.24) is 5.32 Å². The summed E-state index contributed by atoms with van der Waals surface area (Å²) in [6.45, 7) is 5.25. The molecule has 144 valence electrons. The fourth-order valence-electron chi connectivity index (χ4n) is 3.92. The number of carbonyl (C=O) groups excluding carboxylic acids is 1. The number of carboxylic acid groups (broad SMARTS) is 1. The monoisotopic (exact) mass is 377 g/mol. The lowest BCUT2D eigenvalue weighted by atomic mass is 9.96. The normalized spacial score (nSPS) is 15.4. The van der Waals surface area contributed by atoms with Gasteiger partial charge in [-0.3, -0.25) is 0 Å². The third-order valence-corrected chi connectivity index (χ3v) is 5.16. The molecule has 0 saturated heterocycles. The standard InChI is InChI=1S/C23H23NO4/c1-22(2,3)28-21(27)24-23(20(25)26)12-18-10-16-8-14-6-4-5-7-15(14)9-17(16)11-19(18)13-23/h4-11H,12-13H2,1-3H3,(H,24,27)(H,25,26). The van der Waals surface area contributed by atoms with Gasteiger partial charge in [-0.1, -0.05) is 36.4 Å². The zero-order valence-electron chi connectivity index (χ0n) is 16.2. The van der Waals surface area contributed by atoms with E-state index in [-0.39, 0.29) is 12.8 Å². The molecule has 3 aromatic rings. The largest absolute Gasteiger partial charge is 0.479 e. The fraction of sp³-hybridized carbons (Fsp3) is 0.304. The Labute approximate surface area is 163 Å². The lowest BCUT2D eigenvalue weighted by Crippen LogP contribution is -2.56. The van der Waals surface area contributed by atoms with Crippen LogP contribution in [0.1, 0.15) is 31.9 Å². The number of hydrogen-bond acceptors (Lipinski definition) is 3. The van der Waals surface area contributed by atoms with Crippen molar-refractivity contribution in [3.8, 4) is 0 Å². The summed E-state index contributed by atoms with van der Waals surface area (Å²) >= 11 is 0. The maximum Gasteiger partial charge on any atom is 0.408 e. The summed E-state index contributed by atoms with van der Waals surface area (Å²) in [5, 5.41) is 16.9. The Balaban J connectivity index is 1.71. The van der Waals surface area contributed by atoms with Crippen molar-refractivity contribution < 1.29 is 19.4 Å². The van der Waals surface area contributed by atoms with Crippen LogP contribution < -0.4 is 5.32 Å². The van der Waals surface area contributed by atoms with E-state index in [0.29, 0.717) is 0 Å². The number of ether oxygens (including phenoxy) is 1. The van der Waals surface area contributed by atoms with Crippen LogP contribution in [-0.2, 0) is 22.4 Å². The molecule has 0 fully saturated rings. The third kappa shape index (κ3) is 3.28. The summed E-state index contributed by atoms with van der Waals surface area (Å²) in [7, 11) is 0. The smallest absolute Gasteiger partial charge is 0.408 e. The molecule has 0 atom stereocenters. The first kappa shape index (κ1) is 18.3. The second-order valence-corrected chi connectivity index (χ2v) is 8.54. The first-order chi connectivity index (χ1) is 13.2. The van der Waals surface area contributed by atoms with Gasteiger partial charge in [-0.15, -0.1) is 0 Å². The number of fused-ring (bicyclic) bond motifs is 3. The van der Waals surface area contributed by atoms with E-state index in [1.54, 1.807) is 20.8 Å². The fourth-order valence-corrected chi connectivity index (χ4v) is 3.92. The zero-order chi connectivity index (χ0) is 20.1. The Morgan fingerprint density at radius 3 is 1.86 bits per heavy atom. The molecule has 0 aliphatic heterocycles. The van der Waals surface area contributed by atoms with Gasteiger partial charge >= 0.3 is 12.1 Å². The molecule has 0 unspecified atom stereocenters. The Morgan fingerprint density at radius 1 is 0.929 bits per heavy atom. The molecular weight excluding hydrogens is 354 g/mol. The summed E-state index contributed by atoms with van der Waals surface area (Å²) in [4.78, 5) is 24.4. The van der Waals surface area contributed by atoms with E-state index >= 15 is 0 Å². The molecule has 5 nitrogen and oxygen atoms in total. The molecule has 0 saturated carbocycles. The highest BCUT2D eigenvalue weighted by Gasteiger charge is 2.46. The van der Waals surface area contributed by atoms with Crippen molar-refractivity contribution in [2.24, 2.45) is 0 Å². The van der Waals surface area contributed by atoms with Gasteiger partial charge in [-0.2, -0.15) is 0 Å². The molecule has 1 aliphatic carbocycles. The van der Waals surface area contributed by atoms with E-state index in [1.807, 2.05) is 24.3 Å². The lowest BCUT2D eigenvalue weighted by Gasteiger charge is -2.28. The molecule has 1 aliphatic rings. The second-order valence-electron chi connectivity index (χ2n) is 8.54. The average molecular weight is 377 g/mol. The van der Waals surface area contributed by atoms with E-state index in [1.165, 1.54) is 0 Å². The number of amides is 1. The van der Waals surface area contributed by atoms with Crippen LogP contribution in [-0.4, -0.2) is 28.3 Å². The van der Waals surface area contributed by atoms with Crippen molar-refractivity contribution in [2.75, 3.05) is 0 Å². The van der Waals surface area contributed by atoms with Crippen LogP contribution in [0.4, 0.5) is 4.79 Å². The lowest BCUT2D eigenvalue weighted by molar-refractivity contribution is -0.144. The molecule has 0 spiro atoms. The molecule has 1 amide bonds. The van der Waals surface area contributed by atoms with Gasteiger partial charge < -0.3 is 15.2 Å². The van der Waals surface area contributed by atoms with Crippen molar-refractivity contribution in [3.05, 3.63) is 59.7 Å². The number of carbonyl (C=O) groups is 2. The molecule has 0 aromatic heterocycles. The van der Waals surface area contributed by atoms with Crippen molar-refractivity contribution in [2.45, 2.75) is 44.8 Å². The van der Waals surface area contributed by atoms with Crippen molar-refractivity contribution in [3.63, 3.8) is 0 Å². The van der Waals surface area contributed by atoms with E-state index < -0.39 is 23.2 Å². The highest BCUT2D eigenvalue weighted by atomic mass is 16.6. The van der Waals surface area contributed by atoms with Gasteiger partial charge in [0.25, 0.3) is 0 Å². The first-order valence-corrected chi connectivity index (χ1v) is 9.34. The van der Waals surface area contributed by atoms with E-state index in [9.17, 15) is 14.7 Å². The van der Waals surface area contributed by atoms with Crippen LogP contribution in [0.3, 0.4) is 0 Å². The van der Waals surface area contributed by atoms with Crippen LogP contribution in [0.5, 0.6) is 0 Å². The molecule has 0 heterocycles. The van der Waals surface area contributed by atoms with Gasteiger partial charge in [0.15, 0.2) is 0 Å². The van der Waals surface area contributed by atoms with Crippen LogP contribution in [0, 0.1) is 0 Å². The number of aliphatic carboxylic acids is 1. The second kappa shape index (κ2) is 6.23. The number of rotatable bonds is 2. The van der Waals surface area contributed by atoms with Gasteiger partial charge in [0.05, 0.1) is 0 Å². The zero-order valence-corrected chi connectivity index (χ0v) is 16.2. The maximum absolute atomic E-state index is 12.3. The Bertz CT molecular complexity index is 1050. The number of carboxylic acids is 1. The minimum Gasteiger partial charge on any atom is -0.479 e. The van der Waals surface area contributed by atoms with Crippen LogP contribution in [0.15, 0.2) is 48.5 Å². The SMILES string of the molecule is CC(C)(C)OC(=O)NC1(C(=O)O)Cc2cc3cc4ccccc4cc3cc2C1. The van der Waals surface area contributed by atoms with Crippen molar-refractivity contribution in [1.29, 1.82) is 0 Å². The Hall–Kier alpha value is -3.08. The van der Waals surface area contributed by atoms with Gasteiger partial charge in [0.1, 0.15) is 11.1 Å². The number of hydrogen-bond donors (Lipinski definition) is 2. The predicted molar refractivity (Wildman–Crippen MR) is 109 cm³/mol. The number of benzene rings is 3. The quantitative estimate of drug-likeness (QED) is 0.648. The first-order valence-electron chi connectivity index (χ1n) is 9.34. The minimum absolute atomic E-state index is 0.236.